The van der Waals surface area contributed by atoms with Crippen molar-refractivity contribution >= 4 is 0 Å². The van der Waals surface area contributed by atoms with Crippen LogP contribution >= 0.6 is 0 Å². The van der Waals surface area contributed by atoms with Gasteiger partial charge in [-0.15, -0.1) is 0 Å². The molecule has 0 atom stereocenters. The number of hydrogen-bond donors (Lipinski definition) is 1. The maximum atomic E-state index is 10.1. The van der Waals surface area contributed by atoms with Crippen molar-refractivity contribution < 1.29 is 19.3 Å². The molecular weight excluding hydrogens is 196 g/mol. The molecule has 1 heterocycles. The van der Waals surface area contributed by atoms with Gasteiger partial charge in [0.05, 0.1) is 27.4 Å². The van der Waals surface area contributed by atoms with E-state index < -0.39 is 5.60 Å². The van der Waals surface area contributed by atoms with Crippen LogP contribution in [0.15, 0.2) is 18.2 Å². The number of methoxy groups -OCH3 is 2. The minimum Gasteiger partial charge on any atom is -0.497 e. The van der Waals surface area contributed by atoms with Crippen molar-refractivity contribution in [1.82, 2.24) is 0 Å². The highest BCUT2D eigenvalue weighted by Gasteiger charge is 2.40. The summed E-state index contributed by atoms with van der Waals surface area (Å²) < 4.78 is 15.3. The maximum absolute atomic E-state index is 10.1. The van der Waals surface area contributed by atoms with Gasteiger partial charge in [-0.05, 0) is 12.1 Å². The highest BCUT2D eigenvalue weighted by atomic mass is 16.5. The van der Waals surface area contributed by atoms with Gasteiger partial charge in [-0.3, -0.25) is 0 Å². The average molecular weight is 210 g/mol. The van der Waals surface area contributed by atoms with Gasteiger partial charge in [0.1, 0.15) is 17.1 Å². The largest absolute Gasteiger partial charge is 0.497 e. The van der Waals surface area contributed by atoms with E-state index in [1.54, 1.807) is 32.4 Å². The molecule has 2 rings (SSSR count). The maximum Gasteiger partial charge on any atom is 0.140 e. The minimum absolute atomic E-state index is 0.315. The highest BCUT2D eigenvalue weighted by Crippen LogP contribution is 2.37. The lowest BCUT2D eigenvalue weighted by molar-refractivity contribution is -0.185. The molecule has 1 aliphatic heterocycles. The van der Waals surface area contributed by atoms with Crippen LogP contribution in [-0.4, -0.2) is 32.5 Å². The Balaban J connectivity index is 2.38. The van der Waals surface area contributed by atoms with Crippen LogP contribution in [0.2, 0.25) is 0 Å². The van der Waals surface area contributed by atoms with Gasteiger partial charge < -0.3 is 19.3 Å². The van der Waals surface area contributed by atoms with Gasteiger partial charge in [0.2, 0.25) is 0 Å². The van der Waals surface area contributed by atoms with E-state index in [-0.39, 0.29) is 0 Å². The summed E-state index contributed by atoms with van der Waals surface area (Å²) in [6, 6.07) is 5.36. The van der Waals surface area contributed by atoms with Gasteiger partial charge in [0.15, 0.2) is 0 Å². The summed E-state index contributed by atoms with van der Waals surface area (Å²) >= 11 is 0. The van der Waals surface area contributed by atoms with Crippen molar-refractivity contribution in [3.8, 4) is 11.5 Å². The third-order valence-corrected chi connectivity index (χ3v) is 2.59. The molecule has 1 aromatic rings. The topological polar surface area (TPSA) is 47.9 Å². The molecule has 0 aromatic heterocycles. The molecule has 1 aliphatic rings. The summed E-state index contributed by atoms with van der Waals surface area (Å²) in [6.07, 6.45) is 0. The van der Waals surface area contributed by atoms with Crippen molar-refractivity contribution in [1.29, 1.82) is 0 Å². The zero-order chi connectivity index (χ0) is 10.9. The second-order valence-electron chi connectivity index (χ2n) is 3.59. The molecule has 4 nitrogen and oxygen atoms in total. The van der Waals surface area contributed by atoms with Gasteiger partial charge in [0.25, 0.3) is 0 Å². The van der Waals surface area contributed by atoms with Crippen LogP contribution in [0, 0.1) is 0 Å². The second kappa shape index (κ2) is 3.72. The quantitative estimate of drug-likeness (QED) is 0.806. The molecule has 4 heteroatoms. The zero-order valence-corrected chi connectivity index (χ0v) is 8.82. The summed E-state index contributed by atoms with van der Waals surface area (Å²) in [6.45, 7) is 0.630. The molecule has 1 N–H and O–H groups in total. The first-order chi connectivity index (χ1) is 7.19. The van der Waals surface area contributed by atoms with Crippen LogP contribution in [0.5, 0.6) is 11.5 Å². The van der Waals surface area contributed by atoms with Crippen LogP contribution in [0.1, 0.15) is 5.56 Å². The first kappa shape index (κ1) is 10.3. The molecule has 0 unspecified atom stereocenters. The lowest BCUT2D eigenvalue weighted by Gasteiger charge is -2.37. The van der Waals surface area contributed by atoms with Crippen LogP contribution in [-0.2, 0) is 10.3 Å². The Kier molecular flexibility index (Phi) is 2.54. The fourth-order valence-corrected chi connectivity index (χ4v) is 1.63. The summed E-state index contributed by atoms with van der Waals surface area (Å²) in [5, 5.41) is 10.1. The van der Waals surface area contributed by atoms with E-state index in [4.69, 9.17) is 14.2 Å². The lowest BCUT2D eigenvalue weighted by atomic mass is 9.91. The van der Waals surface area contributed by atoms with Gasteiger partial charge in [-0.25, -0.2) is 0 Å². The Morgan fingerprint density at radius 3 is 2.47 bits per heavy atom. The Hall–Kier alpha value is -1.26. The molecule has 0 amide bonds. The molecule has 1 fully saturated rings. The number of aliphatic hydroxyl groups is 1. The third-order valence-electron chi connectivity index (χ3n) is 2.59. The summed E-state index contributed by atoms with van der Waals surface area (Å²) in [4.78, 5) is 0. The minimum atomic E-state index is -0.905. The molecule has 0 saturated carbocycles. The van der Waals surface area contributed by atoms with E-state index in [1.165, 1.54) is 0 Å². The summed E-state index contributed by atoms with van der Waals surface area (Å²) in [7, 11) is 3.16. The molecule has 15 heavy (non-hydrogen) atoms. The zero-order valence-electron chi connectivity index (χ0n) is 8.82. The van der Waals surface area contributed by atoms with Crippen molar-refractivity contribution in [2.75, 3.05) is 27.4 Å². The van der Waals surface area contributed by atoms with E-state index in [2.05, 4.69) is 0 Å². The molecule has 1 aromatic carbocycles. The molecule has 0 spiro atoms. The SMILES string of the molecule is COc1ccc(C2(O)COC2)c(OC)c1. The molecule has 0 bridgehead atoms. The monoisotopic (exact) mass is 210 g/mol. The van der Waals surface area contributed by atoms with Crippen LogP contribution in [0.4, 0.5) is 0 Å². The molecule has 82 valence electrons. The third kappa shape index (κ3) is 1.66. The fourth-order valence-electron chi connectivity index (χ4n) is 1.63. The van der Waals surface area contributed by atoms with Gasteiger partial charge in [-0.2, -0.15) is 0 Å². The number of benzene rings is 1. The van der Waals surface area contributed by atoms with Crippen LogP contribution in [0.3, 0.4) is 0 Å². The van der Waals surface area contributed by atoms with Crippen LogP contribution < -0.4 is 9.47 Å². The van der Waals surface area contributed by atoms with E-state index in [9.17, 15) is 5.11 Å². The highest BCUT2D eigenvalue weighted by molar-refractivity contribution is 5.44. The van der Waals surface area contributed by atoms with Crippen molar-refractivity contribution in [2.45, 2.75) is 5.60 Å². The summed E-state index contributed by atoms with van der Waals surface area (Å²) in [5.41, 5.74) is -0.158. The fraction of sp³-hybridized carbons (Fsp3) is 0.455. The average Bonchev–Trinajstić information content (AvgIpc) is 2.25. The standard InChI is InChI=1S/C11H14O4/c1-13-8-3-4-9(10(5-8)14-2)11(12)6-15-7-11/h3-5,12H,6-7H2,1-2H3. The molecule has 1 saturated heterocycles. The number of ether oxygens (including phenoxy) is 3. The molecule has 0 aliphatic carbocycles. The van der Waals surface area contributed by atoms with Gasteiger partial charge >= 0.3 is 0 Å². The Morgan fingerprint density at radius 1 is 1.27 bits per heavy atom. The van der Waals surface area contributed by atoms with E-state index in [1.807, 2.05) is 0 Å². The smallest absolute Gasteiger partial charge is 0.140 e. The lowest BCUT2D eigenvalue weighted by Crippen LogP contribution is -2.46. The van der Waals surface area contributed by atoms with Gasteiger partial charge in [-0.1, -0.05) is 0 Å². The summed E-state index contributed by atoms with van der Waals surface area (Å²) in [5.74, 6) is 1.33. The first-order valence-electron chi connectivity index (χ1n) is 4.72. The van der Waals surface area contributed by atoms with Gasteiger partial charge in [0, 0.05) is 11.6 Å². The first-order valence-corrected chi connectivity index (χ1v) is 4.72. The van der Waals surface area contributed by atoms with E-state index in [0.717, 1.165) is 5.56 Å². The predicted octanol–water partition coefficient (Wildman–Crippen LogP) is 0.922. The van der Waals surface area contributed by atoms with Crippen LogP contribution in [0.25, 0.3) is 0 Å². The normalized spacial score (nSPS) is 18.1. The Morgan fingerprint density at radius 2 is 2.00 bits per heavy atom. The van der Waals surface area contributed by atoms with E-state index >= 15 is 0 Å². The Labute approximate surface area is 88.4 Å². The molecular formula is C11H14O4. The van der Waals surface area contributed by atoms with E-state index in [0.29, 0.717) is 24.7 Å². The number of hydrogen-bond acceptors (Lipinski definition) is 4. The predicted molar refractivity (Wildman–Crippen MR) is 54.3 cm³/mol. The van der Waals surface area contributed by atoms with Crippen molar-refractivity contribution in [3.63, 3.8) is 0 Å². The second-order valence-corrected chi connectivity index (χ2v) is 3.59. The van der Waals surface area contributed by atoms with Crippen molar-refractivity contribution in [2.24, 2.45) is 0 Å². The number of rotatable bonds is 3. The van der Waals surface area contributed by atoms with Crippen molar-refractivity contribution in [3.05, 3.63) is 23.8 Å². The Bertz CT molecular complexity index is 358. The molecule has 0 radical (unpaired) electrons.